The van der Waals surface area contributed by atoms with Crippen molar-refractivity contribution >= 4 is 50.1 Å². The Balaban J connectivity index is 2.25. The van der Waals surface area contributed by atoms with Gasteiger partial charge in [0.15, 0.2) is 0 Å². The fraction of sp³-hybridized carbons (Fsp3) is 0.143. The van der Waals surface area contributed by atoms with Crippen LogP contribution in [0.3, 0.4) is 0 Å². The molecule has 0 heterocycles. The van der Waals surface area contributed by atoms with Crippen LogP contribution < -0.4 is 0 Å². The summed E-state index contributed by atoms with van der Waals surface area (Å²) in [6.07, 6.45) is 0.312. The van der Waals surface area contributed by atoms with Gasteiger partial charge in [-0.15, -0.1) is 11.6 Å². The summed E-state index contributed by atoms with van der Waals surface area (Å²) >= 11 is 12.0. The molecule has 1 unspecified atom stereocenters. The van der Waals surface area contributed by atoms with E-state index in [2.05, 4.69) is 38.5 Å². The number of benzene rings is 2. The quantitative estimate of drug-likeness (QED) is 0.400. The minimum absolute atomic E-state index is 0.312. The van der Waals surface area contributed by atoms with Crippen molar-refractivity contribution in [2.45, 2.75) is 11.8 Å². The van der Waals surface area contributed by atoms with Crippen molar-refractivity contribution in [2.75, 3.05) is 0 Å². The Labute approximate surface area is 137 Å². The molecule has 0 radical (unpaired) electrons. The van der Waals surface area contributed by atoms with Gasteiger partial charge < -0.3 is 0 Å². The molecule has 2 aromatic carbocycles. The van der Waals surface area contributed by atoms with Crippen molar-refractivity contribution in [1.29, 1.82) is 0 Å². The molecule has 0 bridgehead atoms. The van der Waals surface area contributed by atoms with Crippen LogP contribution in [0.1, 0.15) is 16.5 Å². The van der Waals surface area contributed by atoms with Crippen LogP contribution in [0, 0.1) is 15.2 Å². The van der Waals surface area contributed by atoms with Crippen LogP contribution in [0.4, 0.5) is 8.78 Å². The zero-order valence-corrected chi connectivity index (χ0v) is 14.1. The third kappa shape index (κ3) is 3.89. The molecule has 0 aromatic heterocycles. The highest BCUT2D eigenvalue weighted by Gasteiger charge is 2.15. The Morgan fingerprint density at radius 2 is 1.89 bits per heavy atom. The predicted molar refractivity (Wildman–Crippen MR) is 85.5 cm³/mol. The van der Waals surface area contributed by atoms with E-state index < -0.39 is 11.6 Å². The van der Waals surface area contributed by atoms with Crippen molar-refractivity contribution in [2.24, 2.45) is 0 Å². The van der Waals surface area contributed by atoms with E-state index in [1.54, 1.807) is 0 Å². The molecule has 0 aliphatic heterocycles. The molecule has 0 saturated heterocycles. The maximum absolute atomic E-state index is 13.6. The molecule has 0 aliphatic carbocycles. The standard InChI is InChI=1S/C14H9BrClF2I/c15-12-4-3-10(19)7-11(12)13(16)5-8-1-2-9(17)6-14(8)18/h1-4,6-7,13H,5H2. The average molecular weight is 457 g/mol. The van der Waals surface area contributed by atoms with Crippen LogP contribution >= 0.6 is 50.1 Å². The largest absolute Gasteiger partial charge is 0.207 e. The summed E-state index contributed by atoms with van der Waals surface area (Å²) in [5.74, 6) is -1.14. The van der Waals surface area contributed by atoms with Gasteiger partial charge in [-0.1, -0.05) is 22.0 Å². The number of hydrogen-bond donors (Lipinski definition) is 0. The van der Waals surface area contributed by atoms with Gasteiger partial charge in [0.1, 0.15) is 11.6 Å². The van der Waals surface area contributed by atoms with E-state index in [1.807, 2.05) is 18.2 Å². The maximum Gasteiger partial charge on any atom is 0.129 e. The van der Waals surface area contributed by atoms with Gasteiger partial charge in [-0.2, -0.15) is 0 Å². The normalized spacial score (nSPS) is 12.5. The van der Waals surface area contributed by atoms with Crippen LogP contribution in [0.15, 0.2) is 40.9 Å². The molecule has 0 aliphatic rings. The Hall–Kier alpha value is -0.200. The minimum atomic E-state index is -0.581. The van der Waals surface area contributed by atoms with Gasteiger partial charge in [0, 0.05) is 14.1 Å². The second-order valence-electron chi connectivity index (χ2n) is 4.07. The van der Waals surface area contributed by atoms with E-state index in [9.17, 15) is 8.78 Å². The van der Waals surface area contributed by atoms with Crippen molar-refractivity contribution in [3.8, 4) is 0 Å². The Kier molecular flexibility index (Phi) is 5.20. The highest BCUT2D eigenvalue weighted by molar-refractivity contribution is 14.1. The summed E-state index contributed by atoms with van der Waals surface area (Å²) in [6, 6.07) is 9.36. The molecule has 2 rings (SSSR count). The van der Waals surface area contributed by atoms with Gasteiger partial charge in [-0.3, -0.25) is 0 Å². The first-order valence-corrected chi connectivity index (χ1v) is 7.81. The molecule has 0 saturated carbocycles. The van der Waals surface area contributed by atoms with Gasteiger partial charge in [-0.25, -0.2) is 8.78 Å². The van der Waals surface area contributed by atoms with Gasteiger partial charge in [0.05, 0.1) is 5.38 Å². The minimum Gasteiger partial charge on any atom is -0.207 e. The molecular weight excluding hydrogens is 448 g/mol. The fourth-order valence-electron chi connectivity index (χ4n) is 1.74. The SMILES string of the molecule is Fc1ccc(CC(Cl)c2cc(I)ccc2Br)c(F)c1. The third-order valence-corrected chi connectivity index (χ3v) is 4.49. The summed E-state index contributed by atoms with van der Waals surface area (Å²) in [6.45, 7) is 0. The maximum atomic E-state index is 13.6. The monoisotopic (exact) mass is 456 g/mol. The van der Waals surface area contributed by atoms with Crippen molar-refractivity contribution < 1.29 is 8.78 Å². The molecule has 0 spiro atoms. The molecule has 19 heavy (non-hydrogen) atoms. The highest BCUT2D eigenvalue weighted by atomic mass is 127. The lowest BCUT2D eigenvalue weighted by Gasteiger charge is -2.13. The van der Waals surface area contributed by atoms with E-state index in [4.69, 9.17) is 11.6 Å². The van der Waals surface area contributed by atoms with Crippen LogP contribution in [-0.2, 0) is 6.42 Å². The zero-order chi connectivity index (χ0) is 14.0. The molecule has 0 amide bonds. The van der Waals surface area contributed by atoms with Gasteiger partial charge in [0.25, 0.3) is 0 Å². The molecule has 0 N–H and O–H groups in total. The van der Waals surface area contributed by atoms with Crippen LogP contribution in [0.25, 0.3) is 0 Å². The average Bonchev–Trinajstić information content (AvgIpc) is 2.35. The molecule has 5 heteroatoms. The molecule has 2 aromatic rings. The van der Waals surface area contributed by atoms with E-state index in [-0.39, 0.29) is 5.38 Å². The first-order chi connectivity index (χ1) is 8.97. The number of alkyl halides is 1. The summed E-state index contributed by atoms with van der Waals surface area (Å²) < 4.78 is 28.4. The van der Waals surface area contributed by atoms with Crippen molar-refractivity contribution in [3.05, 3.63) is 67.2 Å². The fourth-order valence-corrected chi connectivity index (χ4v) is 3.26. The number of halogens is 5. The summed E-state index contributed by atoms with van der Waals surface area (Å²) in [5.41, 5.74) is 1.31. The third-order valence-electron chi connectivity index (χ3n) is 2.71. The molecule has 0 nitrogen and oxygen atoms in total. The van der Waals surface area contributed by atoms with Gasteiger partial charge in [-0.05, 0) is 64.4 Å². The van der Waals surface area contributed by atoms with Gasteiger partial charge >= 0.3 is 0 Å². The Morgan fingerprint density at radius 3 is 2.58 bits per heavy atom. The molecular formula is C14H9BrClF2I. The van der Waals surface area contributed by atoms with E-state index in [0.717, 1.165) is 19.7 Å². The molecule has 0 fully saturated rings. The Morgan fingerprint density at radius 1 is 1.16 bits per heavy atom. The Bertz CT molecular complexity index is 604. The summed E-state index contributed by atoms with van der Waals surface area (Å²) in [7, 11) is 0. The topological polar surface area (TPSA) is 0 Å². The zero-order valence-electron chi connectivity index (χ0n) is 9.64. The van der Waals surface area contributed by atoms with Crippen molar-refractivity contribution in [1.82, 2.24) is 0 Å². The summed E-state index contributed by atoms with van der Waals surface area (Å²) in [4.78, 5) is 0. The first kappa shape index (κ1) is 15.2. The van der Waals surface area contributed by atoms with Crippen molar-refractivity contribution in [3.63, 3.8) is 0 Å². The number of rotatable bonds is 3. The van der Waals surface area contributed by atoms with Crippen LogP contribution in [-0.4, -0.2) is 0 Å². The smallest absolute Gasteiger partial charge is 0.129 e. The second kappa shape index (κ2) is 6.50. The molecule has 1 atom stereocenters. The van der Waals surface area contributed by atoms with E-state index in [1.165, 1.54) is 12.1 Å². The van der Waals surface area contributed by atoms with Crippen LogP contribution in [0.5, 0.6) is 0 Å². The summed E-state index contributed by atoms with van der Waals surface area (Å²) in [5, 5.41) is -0.371. The lowest BCUT2D eigenvalue weighted by molar-refractivity contribution is 0.570. The van der Waals surface area contributed by atoms with E-state index in [0.29, 0.717) is 12.0 Å². The number of hydrogen-bond acceptors (Lipinski definition) is 0. The van der Waals surface area contributed by atoms with E-state index >= 15 is 0 Å². The highest BCUT2D eigenvalue weighted by Crippen LogP contribution is 2.32. The predicted octanol–water partition coefficient (Wildman–Crippen LogP) is 5.85. The molecule has 100 valence electrons. The lowest BCUT2D eigenvalue weighted by atomic mass is 10.0. The second-order valence-corrected chi connectivity index (χ2v) is 6.70. The first-order valence-electron chi connectivity index (χ1n) is 5.50. The lowest BCUT2D eigenvalue weighted by Crippen LogP contribution is -2.00. The van der Waals surface area contributed by atoms with Crippen LogP contribution in [0.2, 0.25) is 0 Å². The van der Waals surface area contributed by atoms with Gasteiger partial charge in [0.2, 0.25) is 0 Å².